The molecule has 1 aromatic heterocycles. The lowest BCUT2D eigenvalue weighted by Crippen LogP contribution is -2.35. The third-order valence-corrected chi connectivity index (χ3v) is 5.65. The van der Waals surface area contributed by atoms with Crippen LogP contribution in [0.3, 0.4) is 0 Å². The molecule has 2 N–H and O–H groups in total. The predicted octanol–water partition coefficient (Wildman–Crippen LogP) is 2.93. The van der Waals surface area contributed by atoms with Crippen molar-refractivity contribution in [3.63, 3.8) is 0 Å². The van der Waals surface area contributed by atoms with Gasteiger partial charge in [0.25, 0.3) is 11.7 Å². The number of ketones is 1. The molecular formula is C24H28FN3O5. The first-order chi connectivity index (χ1) is 15.6. The molecule has 2 aromatic rings. The third kappa shape index (κ3) is 4.54. The Hall–Kier alpha value is -3.46. The third-order valence-electron chi connectivity index (χ3n) is 5.65. The Labute approximate surface area is 191 Å². The van der Waals surface area contributed by atoms with Gasteiger partial charge in [0.05, 0.1) is 18.2 Å². The van der Waals surface area contributed by atoms with E-state index in [1.54, 1.807) is 26.8 Å². The molecule has 0 radical (unpaired) electrons. The van der Waals surface area contributed by atoms with Gasteiger partial charge in [-0.15, -0.1) is 0 Å². The van der Waals surface area contributed by atoms with Crippen LogP contribution in [0.5, 0.6) is 0 Å². The summed E-state index contributed by atoms with van der Waals surface area (Å²) in [6, 6.07) is 4.63. The predicted molar refractivity (Wildman–Crippen MR) is 120 cm³/mol. The Morgan fingerprint density at radius 1 is 1.27 bits per heavy atom. The standard InChI is InChI=1S/C24H28FN3O5/c1-6-33-24(32)19-13(2)17(14(3)26-19)21(29)18-20(15-8-7-9-16(25)12-15)28(11-10-27(4)5)23(31)22(18)30/h7-9,12,20,26,29H,6,10-11H2,1-5H3/b21-18+. The summed E-state index contributed by atoms with van der Waals surface area (Å²) in [5, 5.41) is 11.3. The SMILES string of the molecule is CCOC(=O)c1[nH]c(C)c(/C(O)=C2\C(=O)C(=O)N(CCN(C)C)C2c2cccc(F)c2)c1C. The molecule has 0 saturated carbocycles. The first-order valence-electron chi connectivity index (χ1n) is 10.6. The van der Waals surface area contributed by atoms with Crippen molar-refractivity contribution in [2.24, 2.45) is 0 Å². The van der Waals surface area contributed by atoms with Crippen LogP contribution in [-0.4, -0.2) is 71.3 Å². The molecule has 1 aliphatic heterocycles. The second-order valence-corrected chi connectivity index (χ2v) is 8.20. The Balaban J connectivity index is 2.20. The Morgan fingerprint density at radius 3 is 2.58 bits per heavy atom. The highest BCUT2D eigenvalue weighted by atomic mass is 19.1. The van der Waals surface area contributed by atoms with Crippen LogP contribution in [-0.2, 0) is 14.3 Å². The van der Waals surface area contributed by atoms with Gasteiger partial charge in [-0.3, -0.25) is 9.59 Å². The summed E-state index contributed by atoms with van der Waals surface area (Å²) in [5.74, 6) is -3.17. The van der Waals surface area contributed by atoms with E-state index in [2.05, 4.69) is 4.98 Å². The lowest BCUT2D eigenvalue weighted by atomic mass is 9.94. The Bertz CT molecular complexity index is 1140. The molecule has 176 valence electrons. The minimum absolute atomic E-state index is 0.148. The van der Waals surface area contributed by atoms with Crippen LogP contribution in [0.15, 0.2) is 29.8 Å². The van der Waals surface area contributed by atoms with Crippen LogP contribution in [0.4, 0.5) is 4.39 Å². The summed E-state index contributed by atoms with van der Waals surface area (Å²) in [7, 11) is 3.66. The van der Waals surface area contributed by atoms with E-state index in [-0.39, 0.29) is 30.0 Å². The first-order valence-corrected chi connectivity index (χ1v) is 10.6. The van der Waals surface area contributed by atoms with Crippen molar-refractivity contribution in [1.29, 1.82) is 0 Å². The van der Waals surface area contributed by atoms with Gasteiger partial charge in [0.15, 0.2) is 0 Å². The molecule has 9 heteroatoms. The maximum absolute atomic E-state index is 14.1. The lowest BCUT2D eigenvalue weighted by Gasteiger charge is -2.26. The number of carbonyl (C=O) groups is 3. The molecule has 1 saturated heterocycles. The van der Waals surface area contributed by atoms with Crippen LogP contribution >= 0.6 is 0 Å². The number of H-pyrrole nitrogens is 1. The number of aromatic amines is 1. The molecule has 1 fully saturated rings. The fourth-order valence-corrected chi connectivity index (χ4v) is 4.09. The van der Waals surface area contributed by atoms with E-state index in [1.165, 1.54) is 23.1 Å². The normalized spacial score (nSPS) is 17.8. The highest BCUT2D eigenvalue weighted by molar-refractivity contribution is 6.46. The Kier molecular flexibility index (Phi) is 7.02. The molecular weight excluding hydrogens is 429 g/mol. The zero-order valence-corrected chi connectivity index (χ0v) is 19.4. The number of nitrogens with one attached hydrogen (secondary N) is 1. The highest BCUT2D eigenvalue weighted by Crippen LogP contribution is 2.40. The van der Waals surface area contributed by atoms with Gasteiger partial charge in [0.2, 0.25) is 0 Å². The van der Waals surface area contributed by atoms with Crippen LogP contribution in [0, 0.1) is 19.7 Å². The first kappa shape index (κ1) is 24.2. The number of nitrogens with zero attached hydrogens (tertiary/aromatic N) is 2. The summed E-state index contributed by atoms with van der Waals surface area (Å²) in [6.07, 6.45) is 0. The Morgan fingerprint density at radius 2 is 1.97 bits per heavy atom. The number of hydrogen-bond donors (Lipinski definition) is 2. The molecule has 1 amide bonds. The van der Waals surface area contributed by atoms with Crippen molar-refractivity contribution < 1.29 is 28.6 Å². The van der Waals surface area contributed by atoms with Crippen molar-refractivity contribution in [2.45, 2.75) is 26.8 Å². The number of hydrogen-bond acceptors (Lipinski definition) is 6. The molecule has 0 aliphatic carbocycles. The number of carbonyl (C=O) groups excluding carboxylic acids is 3. The largest absolute Gasteiger partial charge is 0.507 e. The number of ether oxygens (including phenoxy) is 1. The smallest absolute Gasteiger partial charge is 0.355 e. The summed E-state index contributed by atoms with van der Waals surface area (Å²) >= 11 is 0. The number of Topliss-reactive ketones (excluding diaryl/α,β-unsaturated/α-hetero) is 1. The van der Waals surface area contributed by atoms with Crippen molar-refractivity contribution in [1.82, 2.24) is 14.8 Å². The number of likely N-dealkylation sites (tertiary alicyclic amines) is 1. The van der Waals surface area contributed by atoms with E-state index in [9.17, 15) is 23.9 Å². The van der Waals surface area contributed by atoms with Crippen molar-refractivity contribution in [3.8, 4) is 0 Å². The van der Waals surface area contributed by atoms with E-state index in [1.807, 2.05) is 19.0 Å². The number of aliphatic hydroxyl groups is 1. The molecule has 33 heavy (non-hydrogen) atoms. The van der Waals surface area contributed by atoms with Crippen molar-refractivity contribution in [2.75, 3.05) is 33.8 Å². The maximum atomic E-state index is 14.1. The molecule has 0 bridgehead atoms. The number of halogens is 1. The monoisotopic (exact) mass is 457 g/mol. The fourth-order valence-electron chi connectivity index (χ4n) is 4.09. The molecule has 1 aliphatic rings. The molecule has 8 nitrogen and oxygen atoms in total. The van der Waals surface area contributed by atoms with E-state index >= 15 is 0 Å². The number of aryl methyl sites for hydroxylation is 1. The van der Waals surface area contributed by atoms with Crippen molar-refractivity contribution in [3.05, 3.63) is 63.7 Å². The molecule has 2 heterocycles. The quantitative estimate of drug-likeness (QED) is 0.287. The molecule has 3 rings (SSSR count). The zero-order valence-electron chi connectivity index (χ0n) is 19.4. The van der Waals surface area contributed by atoms with Crippen LogP contribution in [0.25, 0.3) is 5.76 Å². The topological polar surface area (TPSA) is 103 Å². The zero-order chi connectivity index (χ0) is 24.4. The second-order valence-electron chi connectivity index (χ2n) is 8.20. The van der Waals surface area contributed by atoms with Gasteiger partial charge in [-0.2, -0.15) is 0 Å². The second kappa shape index (κ2) is 9.58. The number of esters is 1. The van der Waals surface area contributed by atoms with E-state index in [0.29, 0.717) is 23.4 Å². The molecule has 1 aromatic carbocycles. The minimum Gasteiger partial charge on any atom is -0.507 e. The summed E-state index contributed by atoms with van der Waals surface area (Å²) in [5.41, 5.74) is 1.44. The average molecular weight is 458 g/mol. The van der Waals surface area contributed by atoms with Gasteiger partial charge >= 0.3 is 5.97 Å². The highest BCUT2D eigenvalue weighted by Gasteiger charge is 2.46. The molecule has 1 unspecified atom stereocenters. The van der Waals surface area contributed by atoms with Gasteiger partial charge in [-0.05, 0) is 58.1 Å². The number of rotatable bonds is 7. The molecule has 0 spiro atoms. The number of aliphatic hydroxyl groups excluding tert-OH is 1. The van der Waals surface area contributed by atoms with E-state index < -0.39 is 35.3 Å². The number of likely N-dealkylation sites (N-methyl/N-ethyl adjacent to an activating group) is 1. The van der Waals surface area contributed by atoms with Crippen LogP contribution in [0.1, 0.15) is 45.8 Å². The van der Waals surface area contributed by atoms with Crippen LogP contribution < -0.4 is 0 Å². The number of benzene rings is 1. The van der Waals surface area contributed by atoms with Gasteiger partial charge in [-0.25, -0.2) is 9.18 Å². The van der Waals surface area contributed by atoms with Crippen molar-refractivity contribution >= 4 is 23.4 Å². The maximum Gasteiger partial charge on any atom is 0.355 e. The summed E-state index contributed by atoms with van der Waals surface area (Å²) < 4.78 is 19.1. The fraction of sp³-hybridized carbons (Fsp3) is 0.375. The molecule has 1 atom stereocenters. The summed E-state index contributed by atoms with van der Waals surface area (Å²) in [6.45, 7) is 5.78. The lowest BCUT2D eigenvalue weighted by molar-refractivity contribution is -0.140. The van der Waals surface area contributed by atoms with Gasteiger partial charge in [-0.1, -0.05) is 12.1 Å². The van der Waals surface area contributed by atoms with Gasteiger partial charge in [0, 0.05) is 24.3 Å². The number of aromatic nitrogens is 1. The van der Waals surface area contributed by atoms with E-state index in [4.69, 9.17) is 4.74 Å². The van der Waals surface area contributed by atoms with Gasteiger partial charge < -0.3 is 24.6 Å². The minimum atomic E-state index is -0.972. The average Bonchev–Trinajstić information content (AvgIpc) is 3.19. The van der Waals surface area contributed by atoms with Gasteiger partial charge in [0.1, 0.15) is 17.3 Å². The van der Waals surface area contributed by atoms with Crippen LogP contribution in [0.2, 0.25) is 0 Å². The number of amides is 1. The van der Waals surface area contributed by atoms with E-state index in [0.717, 1.165) is 0 Å². The summed E-state index contributed by atoms with van der Waals surface area (Å²) in [4.78, 5) is 44.4.